The van der Waals surface area contributed by atoms with E-state index < -0.39 is 11.2 Å². The molecular weight excluding hydrogens is 142 g/mol. The Hall–Kier alpha value is -0.710. The van der Waals surface area contributed by atoms with Crippen LogP contribution in [0.2, 0.25) is 0 Å². The standard InChI is InChI=1S/C4H7NO3S/c1-8-4(7)9-2-3(5)6/h2H2,1H3,(H2,5,6). The van der Waals surface area contributed by atoms with Gasteiger partial charge in [0.2, 0.25) is 5.91 Å². The molecule has 0 rings (SSSR count). The number of nitrogens with two attached hydrogens (primary N) is 1. The van der Waals surface area contributed by atoms with Crippen molar-refractivity contribution in [3.8, 4) is 0 Å². The Bertz CT molecular complexity index is 125. The van der Waals surface area contributed by atoms with E-state index in [0.29, 0.717) is 0 Å². The van der Waals surface area contributed by atoms with Gasteiger partial charge >= 0.3 is 5.30 Å². The Morgan fingerprint density at radius 3 is 2.56 bits per heavy atom. The highest BCUT2D eigenvalue weighted by atomic mass is 32.2. The fraction of sp³-hybridized carbons (Fsp3) is 0.500. The molecule has 2 N–H and O–H groups in total. The number of amides is 1. The van der Waals surface area contributed by atoms with E-state index in [-0.39, 0.29) is 5.75 Å². The lowest BCUT2D eigenvalue weighted by Gasteiger charge is -1.92. The number of carbonyl (C=O) groups is 2. The minimum absolute atomic E-state index is 0.0212. The molecule has 0 fully saturated rings. The summed E-state index contributed by atoms with van der Waals surface area (Å²) < 4.78 is 4.22. The summed E-state index contributed by atoms with van der Waals surface area (Å²) in [5.41, 5.74) is 4.73. The van der Waals surface area contributed by atoms with E-state index in [9.17, 15) is 9.59 Å². The zero-order valence-corrected chi connectivity index (χ0v) is 5.73. The van der Waals surface area contributed by atoms with Crippen molar-refractivity contribution in [2.24, 2.45) is 5.73 Å². The van der Waals surface area contributed by atoms with E-state index in [1.165, 1.54) is 7.11 Å². The molecule has 5 heteroatoms. The number of rotatable bonds is 2. The maximum atomic E-state index is 10.2. The summed E-state index contributed by atoms with van der Waals surface area (Å²) in [5.74, 6) is -0.544. The summed E-state index contributed by atoms with van der Waals surface area (Å²) in [6, 6.07) is 0. The third-order valence-corrected chi connectivity index (χ3v) is 1.33. The molecule has 0 heterocycles. The van der Waals surface area contributed by atoms with Crippen LogP contribution in [0.3, 0.4) is 0 Å². The fourth-order valence-electron chi connectivity index (χ4n) is 0.189. The van der Waals surface area contributed by atoms with Crippen LogP contribution < -0.4 is 5.73 Å². The molecule has 0 aliphatic rings. The highest BCUT2D eigenvalue weighted by Crippen LogP contribution is 2.01. The van der Waals surface area contributed by atoms with Gasteiger partial charge < -0.3 is 10.5 Å². The minimum atomic E-state index is -0.523. The molecule has 9 heavy (non-hydrogen) atoms. The highest BCUT2D eigenvalue weighted by molar-refractivity contribution is 8.13. The van der Waals surface area contributed by atoms with Crippen LogP contribution in [0.25, 0.3) is 0 Å². The Labute approximate surface area is 56.7 Å². The van der Waals surface area contributed by atoms with Gasteiger partial charge in [-0.3, -0.25) is 4.79 Å². The molecule has 0 bridgehead atoms. The molecule has 0 atom stereocenters. The maximum absolute atomic E-state index is 10.2. The fourth-order valence-corrected chi connectivity index (χ4v) is 0.567. The maximum Gasteiger partial charge on any atom is 0.367 e. The van der Waals surface area contributed by atoms with Crippen LogP contribution in [0.1, 0.15) is 0 Å². The van der Waals surface area contributed by atoms with E-state index in [2.05, 4.69) is 4.74 Å². The lowest BCUT2D eigenvalue weighted by Crippen LogP contribution is -2.14. The van der Waals surface area contributed by atoms with Crippen molar-refractivity contribution in [2.75, 3.05) is 12.9 Å². The van der Waals surface area contributed by atoms with E-state index in [1.807, 2.05) is 0 Å². The topological polar surface area (TPSA) is 69.4 Å². The lowest BCUT2D eigenvalue weighted by molar-refractivity contribution is -0.115. The number of carbonyl (C=O) groups excluding carboxylic acids is 2. The summed E-state index contributed by atoms with van der Waals surface area (Å²) in [5, 5.41) is -0.492. The van der Waals surface area contributed by atoms with E-state index >= 15 is 0 Å². The third-order valence-electron chi connectivity index (χ3n) is 0.499. The first-order valence-corrected chi connectivity index (χ1v) is 3.14. The molecule has 0 unspecified atom stereocenters. The molecule has 0 spiro atoms. The Morgan fingerprint density at radius 1 is 1.67 bits per heavy atom. The van der Waals surface area contributed by atoms with Gasteiger partial charge in [0.1, 0.15) is 0 Å². The largest absolute Gasteiger partial charge is 0.461 e. The van der Waals surface area contributed by atoms with Gasteiger partial charge in [-0.05, 0) is 11.8 Å². The minimum Gasteiger partial charge on any atom is -0.461 e. The molecule has 4 nitrogen and oxygen atoms in total. The quantitative estimate of drug-likeness (QED) is 0.560. The van der Waals surface area contributed by atoms with Gasteiger partial charge in [-0.1, -0.05) is 0 Å². The monoisotopic (exact) mass is 149 g/mol. The van der Waals surface area contributed by atoms with Crippen molar-refractivity contribution >= 4 is 23.0 Å². The SMILES string of the molecule is COC(=O)SCC(N)=O. The average molecular weight is 149 g/mol. The van der Waals surface area contributed by atoms with Crippen molar-refractivity contribution in [1.29, 1.82) is 0 Å². The second-order valence-electron chi connectivity index (χ2n) is 1.21. The third kappa shape index (κ3) is 5.16. The predicted molar refractivity (Wildman–Crippen MR) is 34.1 cm³/mol. The normalized spacial score (nSPS) is 8.56. The Morgan fingerprint density at radius 2 is 2.22 bits per heavy atom. The number of thioether (sulfide) groups is 1. The number of primary amides is 1. The molecule has 0 aromatic heterocycles. The van der Waals surface area contributed by atoms with Gasteiger partial charge in [0.05, 0.1) is 12.9 Å². The van der Waals surface area contributed by atoms with Crippen molar-refractivity contribution in [2.45, 2.75) is 0 Å². The second-order valence-corrected chi connectivity index (χ2v) is 2.12. The molecule has 0 aliphatic carbocycles. The summed E-state index contributed by atoms with van der Waals surface area (Å²) in [6.45, 7) is 0. The molecule has 0 saturated heterocycles. The molecule has 0 saturated carbocycles. The Balaban J connectivity index is 3.28. The van der Waals surface area contributed by atoms with E-state index in [4.69, 9.17) is 5.73 Å². The first-order valence-electron chi connectivity index (χ1n) is 2.16. The van der Waals surface area contributed by atoms with Crippen LogP contribution in [0.4, 0.5) is 4.79 Å². The van der Waals surface area contributed by atoms with Crippen LogP contribution in [0, 0.1) is 0 Å². The van der Waals surface area contributed by atoms with Gasteiger partial charge in [0.25, 0.3) is 0 Å². The van der Waals surface area contributed by atoms with E-state index in [1.54, 1.807) is 0 Å². The van der Waals surface area contributed by atoms with E-state index in [0.717, 1.165) is 11.8 Å². The number of hydrogen-bond acceptors (Lipinski definition) is 4. The van der Waals surface area contributed by atoms with Crippen LogP contribution >= 0.6 is 11.8 Å². The van der Waals surface area contributed by atoms with Gasteiger partial charge in [-0.2, -0.15) is 0 Å². The lowest BCUT2D eigenvalue weighted by atomic mass is 10.8. The van der Waals surface area contributed by atoms with Crippen molar-refractivity contribution in [3.05, 3.63) is 0 Å². The van der Waals surface area contributed by atoms with Crippen molar-refractivity contribution in [1.82, 2.24) is 0 Å². The van der Waals surface area contributed by atoms with Crippen LogP contribution in [-0.4, -0.2) is 24.1 Å². The summed E-state index contributed by atoms with van der Waals surface area (Å²) in [4.78, 5) is 20.3. The van der Waals surface area contributed by atoms with Crippen LogP contribution in [0.5, 0.6) is 0 Å². The van der Waals surface area contributed by atoms with Crippen molar-refractivity contribution in [3.63, 3.8) is 0 Å². The molecule has 1 amide bonds. The summed E-state index contributed by atoms with van der Waals surface area (Å²) >= 11 is 0.749. The first-order chi connectivity index (χ1) is 4.16. The van der Waals surface area contributed by atoms with Crippen LogP contribution in [-0.2, 0) is 9.53 Å². The van der Waals surface area contributed by atoms with Gasteiger partial charge in [-0.15, -0.1) is 0 Å². The molecule has 0 aromatic rings. The van der Waals surface area contributed by atoms with Crippen molar-refractivity contribution < 1.29 is 14.3 Å². The smallest absolute Gasteiger partial charge is 0.367 e. The zero-order chi connectivity index (χ0) is 7.28. The number of methoxy groups -OCH3 is 1. The van der Waals surface area contributed by atoms with Crippen LogP contribution in [0.15, 0.2) is 0 Å². The molecule has 52 valence electrons. The number of hydrogen-bond donors (Lipinski definition) is 1. The highest BCUT2D eigenvalue weighted by Gasteiger charge is 2.02. The summed E-state index contributed by atoms with van der Waals surface area (Å²) in [6.07, 6.45) is 0. The van der Waals surface area contributed by atoms with Gasteiger partial charge in [-0.25, -0.2) is 4.79 Å². The Kier molecular flexibility index (Phi) is 3.87. The number of ether oxygens (including phenoxy) is 1. The molecule has 0 radical (unpaired) electrons. The summed E-state index contributed by atoms with van der Waals surface area (Å²) in [7, 11) is 1.25. The molecule has 0 aromatic carbocycles. The van der Waals surface area contributed by atoms with Gasteiger partial charge in [0, 0.05) is 0 Å². The van der Waals surface area contributed by atoms with Gasteiger partial charge in [0.15, 0.2) is 0 Å². The second kappa shape index (κ2) is 4.20. The zero-order valence-electron chi connectivity index (χ0n) is 4.92. The average Bonchev–Trinajstić information content (AvgIpc) is 1.83. The molecule has 0 aliphatic heterocycles. The first kappa shape index (κ1) is 8.29. The molecular formula is C4H7NO3S. The predicted octanol–water partition coefficient (Wildman–Crippen LogP) is -0.0287.